The summed E-state index contributed by atoms with van der Waals surface area (Å²) in [6, 6.07) is 7.93. The number of nitrogens with zero attached hydrogens (tertiary/aromatic N) is 1. The van der Waals surface area contributed by atoms with E-state index in [9.17, 15) is 9.59 Å². The maximum absolute atomic E-state index is 12.2. The molecular weight excluding hydrogens is 254 g/mol. The van der Waals surface area contributed by atoms with Crippen molar-refractivity contribution < 1.29 is 14.3 Å². The van der Waals surface area contributed by atoms with Gasteiger partial charge < -0.3 is 9.64 Å². The first kappa shape index (κ1) is 14.3. The van der Waals surface area contributed by atoms with Crippen molar-refractivity contribution in [2.75, 3.05) is 18.6 Å². The molecular formula is C16H19NO3. The number of methoxy groups -OCH3 is 1. The average Bonchev–Trinajstić information content (AvgIpc) is 2.62. The minimum absolute atomic E-state index is 0.101. The number of ether oxygens (including phenoxy) is 1. The maximum atomic E-state index is 12.2. The molecule has 1 aromatic rings. The standard InChI is InChI=1S/C16H19NO3/c1-12(16(19)20-2)10-11-17-14-8-4-3-6-13(14)7-5-9-15(17)18/h3-4,6,8,10H,5,7,9,11H2,1-2H3. The normalized spacial score (nSPS) is 15.6. The first-order valence-corrected chi connectivity index (χ1v) is 6.77. The summed E-state index contributed by atoms with van der Waals surface area (Å²) in [5.41, 5.74) is 2.65. The third-order valence-corrected chi connectivity index (χ3v) is 3.51. The van der Waals surface area contributed by atoms with Gasteiger partial charge in [-0.1, -0.05) is 24.3 Å². The summed E-state index contributed by atoms with van der Waals surface area (Å²) in [4.78, 5) is 25.3. The second-order valence-corrected chi connectivity index (χ2v) is 4.87. The van der Waals surface area contributed by atoms with Crippen molar-refractivity contribution in [3.63, 3.8) is 0 Å². The van der Waals surface area contributed by atoms with Crippen LogP contribution < -0.4 is 4.90 Å². The molecule has 1 aliphatic heterocycles. The number of benzene rings is 1. The first-order chi connectivity index (χ1) is 9.63. The van der Waals surface area contributed by atoms with E-state index in [0.717, 1.165) is 18.5 Å². The SMILES string of the molecule is COC(=O)C(C)=CCN1C(=O)CCCc2ccccc21. The van der Waals surface area contributed by atoms with Gasteiger partial charge in [-0.3, -0.25) is 4.79 Å². The molecule has 0 atom stereocenters. The van der Waals surface area contributed by atoms with Crippen molar-refractivity contribution in [3.05, 3.63) is 41.5 Å². The van der Waals surface area contributed by atoms with Crippen LogP contribution in [0.25, 0.3) is 0 Å². The Morgan fingerprint density at radius 1 is 1.35 bits per heavy atom. The van der Waals surface area contributed by atoms with E-state index in [-0.39, 0.29) is 11.9 Å². The van der Waals surface area contributed by atoms with Gasteiger partial charge in [0.2, 0.25) is 5.91 Å². The smallest absolute Gasteiger partial charge is 0.333 e. The van der Waals surface area contributed by atoms with E-state index in [1.165, 1.54) is 12.7 Å². The van der Waals surface area contributed by atoms with Crippen molar-refractivity contribution in [2.24, 2.45) is 0 Å². The second-order valence-electron chi connectivity index (χ2n) is 4.87. The quantitative estimate of drug-likeness (QED) is 0.628. The molecule has 2 rings (SSSR count). The molecule has 0 aliphatic carbocycles. The molecule has 1 aliphatic rings. The first-order valence-electron chi connectivity index (χ1n) is 6.77. The molecule has 0 aromatic heterocycles. The summed E-state index contributed by atoms with van der Waals surface area (Å²) < 4.78 is 4.66. The Bertz CT molecular complexity index is 548. The van der Waals surface area contributed by atoms with Crippen LogP contribution in [0.2, 0.25) is 0 Å². The van der Waals surface area contributed by atoms with Crippen LogP contribution in [0, 0.1) is 0 Å². The highest BCUT2D eigenvalue weighted by atomic mass is 16.5. The molecule has 20 heavy (non-hydrogen) atoms. The van der Waals surface area contributed by atoms with Crippen molar-refractivity contribution >= 4 is 17.6 Å². The molecule has 0 N–H and O–H groups in total. The molecule has 106 valence electrons. The van der Waals surface area contributed by atoms with Crippen LogP contribution in [0.5, 0.6) is 0 Å². The maximum Gasteiger partial charge on any atom is 0.333 e. The summed E-state index contributed by atoms with van der Waals surface area (Å²) in [5, 5.41) is 0. The molecule has 4 heteroatoms. The van der Waals surface area contributed by atoms with Gasteiger partial charge in [-0.05, 0) is 31.4 Å². The summed E-state index contributed by atoms with van der Waals surface area (Å²) in [6.07, 6.45) is 4.07. The number of hydrogen-bond acceptors (Lipinski definition) is 3. The molecule has 0 bridgehead atoms. The second kappa shape index (κ2) is 6.37. The minimum atomic E-state index is -0.361. The predicted molar refractivity (Wildman–Crippen MR) is 77.5 cm³/mol. The summed E-state index contributed by atoms with van der Waals surface area (Å²) in [6.45, 7) is 2.09. The van der Waals surface area contributed by atoms with Crippen LogP contribution in [0.4, 0.5) is 5.69 Å². The van der Waals surface area contributed by atoms with Gasteiger partial charge >= 0.3 is 5.97 Å². The Morgan fingerprint density at radius 2 is 2.10 bits per heavy atom. The minimum Gasteiger partial charge on any atom is -0.466 e. The average molecular weight is 273 g/mol. The topological polar surface area (TPSA) is 46.6 Å². The molecule has 1 amide bonds. The summed E-state index contributed by atoms with van der Waals surface area (Å²) in [7, 11) is 1.35. The molecule has 0 saturated carbocycles. The molecule has 0 fully saturated rings. The van der Waals surface area contributed by atoms with Crippen molar-refractivity contribution in [3.8, 4) is 0 Å². The zero-order chi connectivity index (χ0) is 14.5. The highest BCUT2D eigenvalue weighted by Gasteiger charge is 2.21. The fourth-order valence-electron chi connectivity index (χ4n) is 2.36. The number of fused-ring (bicyclic) bond motifs is 1. The molecule has 4 nitrogen and oxygen atoms in total. The van der Waals surface area contributed by atoms with Crippen LogP contribution in [0.1, 0.15) is 25.3 Å². The van der Waals surface area contributed by atoms with E-state index in [0.29, 0.717) is 18.5 Å². The van der Waals surface area contributed by atoms with Crippen LogP contribution in [-0.2, 0) is 20.7 Å². The largest absolute Gasteiger partial charge is 0.466 e. The van der Waals surface area contributed by atoms with Gasteiger partial charge in [0.15, 0.2) is 0 Å². The summed E-state index contributed by atoms with van der Waals surface area (Å²) >= 11 is 0. The van der Waals surface area contributed by atoms with Gasteiger partial charge in [-0.2, -0.15) is 0 Å². The number of carbonyl (C=O) groups excluding carboxylic acids is 2. The van der Waals surface area contributed by atoms with Gasteiger partial charge in [-0.15, -0.1) is 0 Å². The fourth-order valence-corrected chi connectivity index (χ4v) is 2.36. The van der Waals surface area contributed by atoms with E-state index in [1.807, 2.05) is 18.2 Å². The third-order valence-electron chi connectivity index (χ3n) is 3.51. The van der Waals surface area contributed by atoms with Crippen molar-refractivity contribution in [1.29, 1.82) is 0 Å². The zero-order valence-electron chi connectivity index (χ0n) is 11.9. The number of carbonyl (C=O) groups is 2. The molecule has 1 heterocycles. The lowest BCUT2D eigenvalue weighted by Gasteiger charge is -2.21. The Balaban J connectivity index is 2.25. The van der Waals surface area contributed by atoms with E-state index < -0.39 is 0 Å². The monoisotopic (exact) mass is 273 g/mol. The molecule has 0 unspecified atom stereocenters. The lowest BCUT2D eigenvalue weighted by molar-refractivity contribution is -0.136. The van der Waals surface area contributed by atoms with E-state index in [4.69, 9.17) is 0 Å². The summed E-state index contributed by atoms with van der Waals surface area (Å²) in [5.74, 6) is -0.260. The highest BCUT2D eigenvalue weighted by Crippen LogP contribution is 2.26. The number of rotatable bonds is 3. The van der Waals surface area contributed by atoms with E-state index >= 15 is 0 Å². The number of anilines is 1. The van der Waals surface area contributed by atoms with Gasteiger partial charge in [0.05, 0.1) is 7.11 Å². The van der Waals surface area contributed by atoms with Crippen molar-refractivity contribution in [1.82, 2.24) is 0 Å². The highest BCUT2D eigenvalue weighted by molar-refractivity contribution is 5.95. The third kappa shape index (κ3) is 3.07. The zero-order valence-corrected chi connectivity index (χ0v) is 11.9. The number of hydrogen-bond donors (Lipinski definition) is 0. The molecule has 0 radical (unpaired) electrons. The van der Waals surface area contributed by atoms with E-state index in [1.54, 1.807) is 17.9 Å². The van der Waals surface area contributed by atoms with Crippen LogP contribution in [0.3, 0.4) is 0 Å². The number of aryl methyl sites for hydroxylation is 1. The Labute approximate surface area is 119 Å². The lowest BCUT2D eigenvalue weighted by Crippen LogP contribution is -2.30. The molecule has 0 saturated heterocycles. The number of para-hydroxylation sites is 1. The molecule has 0 spiro atoms. The fraction of sp³-hybridized carbons (Fsp3) is 0.375. The number of amides is 1. The predicted octanol–water partition coefficient (Wildman–Crippen LogP) is 2.48. The molecule has 1 aromatic carbocycles. The Morgan fingerprint density at radius 3 is 2.85 bits per heavy atom. The Hall–Kier alpha value is -2.10. The van der Waals surface area contributed by atoms with Gasteiger partial charge in [0, 0.05) is 24.2 Å². The van der Waals surface area contributed by atoms with Crippen LogP contribution in [0.15, 0.2) is 35.9 Å². The van der Waals surface area contributed by atoms with E-state index in [2.05, 4.69) is 10.8 Å². The van der Waals surface area contributed by atoms with Gasteiger partial charge in [-0.25, -0.2) is 4.79 Å². The van der Waals surface area contributed by atoms with Gasteiger partial charge in [0.25, 0.3) is 0 Å². The number of esters is 1. The van der Waals surface area contributed by atoms with Crippen molar-refractivity contribution in [2.45, 2.75) is 26.2 Å². The Kier molecular flexibility index (Phi) is 4.56. The van der Waals surface area contributed by atoms with Crippen LogP contribution in [-0.4, -0.2) is 25.5 Å². The van der Waals surface area contributed by atoms with Gasteiger partial charge in [0.1, 0.15) is 0 Å². The van der Waals surface area contributed by atoms with Crippen LogP contribution >= 0.6 is 0 Å². The lowest BCUT2D eigenvalue weighted by atomic mass is 10.1.